The summed E-state index contributed by atoms with van der Waals surface area (Å²) in [6, 6.07) is 18.6. The third-order valence-electron chi connectivity index (χ3n) is 12.3. The molecule has 0 bridgehead atoms. The van der Waals surface area contributed by atoms with Crippen LogP contribution in [-0.2, 0) is 44.6 Å². The number of nitrogens with one attached hydrogen (secondary N) is 6. The highest BCUT2D eigenvalue weighted by molar-refractivity contribution is 6.06. The van der Waals surface area contributed by atoms with Crippen molar-refractivity contribution in [1.29, 1.82) is 0 Å². The average Bonchev–Trinajstić information content (AvgIpc) is 3.74. The van der Waals surface area contributed by atoms with E-state index in [0.717, 1.165) is 56.9 Å². The van der Waals surface area contributed by atoms with Gasteiger partial charge in [-0.2, -0.15) is 0 Å². The fraction of sp³-hybridized carbons (Fsp3) is 0.500. The highest BCUT2D eigenvalue weighted by Crippen LogP contribution is 2.32. The van der Waals surface area contributed by atoms with Gasteiger partial charge in [-0.05, 0) is 106 Å². The number of likely N-dealkylation sites (N-methyl/N-ethyl adjacent to an activating group) is 1. The van der Waals surface area contributed by atoms with Gasteiger partial charge in [0.2, 0.25) is 29.5 Å². The van der Waals surface area contributed by atoms with E-state index in [1.165, 1.54) is 5.56 Å². The second-order valence-electron chi connectivity index (χ2n) is 16.9. The zero-order valence-corrected chi connectivity index (χ0v) is 37.4. The van der Waals surface area contributed by atoms with Gasteiger partial charge in [0, 0.05) is 23.8 Å². The molecule has 65 heavy (non-hydrogen) atoms. The second kappa shape index (κ2) is 24.4. The van der Waals surface area contributed by atoms with Crippen molar-refractivity contribution in [2.75, 3.05) is 69.6 Å². The first-order valence-corrected chi connectivity index (χ1v) is 22.7. The molecule has 350 valence electrons. The van der Waals surface area contributed by atoms with Crippen LogP contribution in [0.2, 0.25) is 0 Å². The van der Waals surface area contributed by atoms with Crippen LogP contribution in [0.1, 0.15) is 85.8 Å². The van der Waals surface area contributed by atoms with Gasteiger partial charge in [-0.25, -0.2) is 0 Å². The van der Waals surface area contributed by atoms with Gasteiger partial charge in [0.25, 0.3) is 5.91 Å². The molecule has 0 aromatic heterocycles. The normalized spacial score (nSPS) is 19.3. The number of benzene rings is 3. The molecule has 3 aromatic carbocycles. The summed E-state index contributed by atoms with van der Waals surface area (Å²) in [7, 11) is 1.69. The van der Waals surface area contributed by atoms with E-state index < -0.39 is 30.1 Å². The Hall–Kier alpha value is -5.88. The van der Waals surface area contributed by atoms with E-state index in [1.807, 2.05) is 18.2 Å². The lowest BCUT2D eigenvalue weighted by Crippen LogP contribution is -2.58. The maximum absolute atomic E-state index is 14.6. The van der Waals surface area contributed by atoms with Crippen molar-refractivity contribution >= 4 is 52.5 Å². The molecule has 17 nitrogen and oxygen atoms in total. The maximum Gasteiger partial charge on any atom is 0.255 e. The smallest absolute Gasteiger partial charge is 0.255 e. The number of carbonyl (C=O) groups excluding carboxylic acids is 6. The molecule has 0 unspecified atom stereocenters. The summed E-state index contributed by atoms with van der Waals surface area (Å²) in [5.74, 6) is -2.03. The minimum absolute atomic E-state index is 0.0620. The van der Waals surface area contributed by atoms with Crippen molar-refractivity contribution in [3.63, 3.8) is 0 Å². The summed E-state index contributed by atoms with van der Waals surface area (Å²) in [6.45, 7) is 2.03. The Balaban J connectivity index is 0.926. The van der Waals surface area contributed by atoms with E-state index >= 15 is 0 Å². The molecule has 8 N–H and O–H groups in total. The monoisotopic (exact) mass is 896 g/mol. The third kappa shape index (κ3) is 14.1. The molecule has 6 rings (SSSR count). The Labute approximate surface area is 380 Å². The number of anilines is 3. The summed E-state index contributed by atoms with van der Waals surface area (Å²) < 4.78 is 16.5. The minimum Gasteiger partial charge on any atom is -0.397 e. The average molecular weight is 897 g/mol. The highest BCUT2D eigenvalue weighted by Gasteiger charge is 2.45. The molecule has 1 saturated heterocycles. The van der Waals surface area contributed by atoms with Gasteiger partial charge in [-0.3, -0.25) is 28.8 Å². The number of rotatable bonds is 21. The number of likely N-dealkylation sites (tertiary alicyclic amines) is 1. The Morgan fingerprint density at radius 2 is 1.43 bits per heavy atom. The lowest BCUT2D eigenvalue weighted by Gasteiger charge is -2.35. The molecule has 0 spiro atoms. The summed E-state index contributed by atoms with van der Waals surface area (Å²) in [5, 5.41) is 17.6. The number of carbonyl (C=O) groups is 6. The number of hydrogen-bond donors (Lipinski definition) is 7. The van der Waals surface area contributed by atoms with Gasteiger partial charge < -0.3 is 56.7 Å². The lowest BCUT2D eigenvalue weighted by molar-refractivity contribution is -0.143. The number of para-hydroxylation sites is 2. The minimum atomic E-state index is -0.846. The molecule has 6 amide bonds. The molecule has 2 aliphatic carbocycles. The number of nitrogen functional groups attached to an aromatic ring is 1. The summed E-state index contributed by atoms with van der Waals surface area (Å²) >= 11 is 0. The van der Waals surface area contributed by atoms with Gasteiger partial charge in [-0.1, -0.05) is 55.7 Å². The van der Waals surface area contributed by atoms with E-state index in [0.29, 0.717) is 22.6 Å². The summed E-state index contributed by atoms with van der Waals surface area (Å²) in [5.41, 5.74) is 10.0. The van der Waals surface area contributed by atoms with E-state index in [9.17, 15) is 28.8 Å². The van der Waals surface area contributed by atoms with Crippen LogP contribution in [0.4, 0.5) is 17.1 Å². The van der Waals surface area contributed by atoms with Gasteiger partial charge in [0.1, 0.15) is 25.3 Å². The van der Waals surface area contributed by atoms with Crippen LogP contribution in [0.3, 0.4) is 0 Å². The van der Waals surface area contributed by atoms with Crippen molar-refractivity contribution in [2.24, 2.45) is 5.92 Å². The molecule has 5 atom stereocenters. The van der Waals surface area contributed by atoms with Crippen molar-refractivity contribution in [2.45, 2.75) is 94.9 Å². The molecule has 3 aliphatic rings. The number of aryl methyl sites for hydroxylation is 1. The van der Waals surface area contributed by atoms with E-state index in [1.54, 1.807) is 67.4 Å². The highest BCUT2D eigenvalue weighted by atomic mass is 16.5. The second-order valence-corrected chi connectivity index (χ2v) is 16.9. The predicted octanol–water partition coefficient (Wildman–Crippen LogP) is 3.46. The zero-order chi connectivity index (χ0) is 46.1. The van der Waals surface area contributed by atoms with Crippen LogP contribution in [0.25, 0.3) is 0 Å². The Morgan fingerprint density at radius 1 is 0.754 bits per heavy atom. The number of nitrogens with two attached hydrogens (primary N) is 1. The van der Waals surface area contributed by atoms with Crippen LogP contribution in [0.5, 0.6) is 0 Å². The van der Waals surface area contributed by atoms with Crippen molar-refractivity contribution in [1.82, 2.24) is 26.2 Å². The number of amides is 6. The molecule has 2 fully saturated rings. The van der Waals surface area contributed by atoms with E-state index in [4.69, 9.17) is 19.9 Å². The topological polar surface area (TPSA) is 232 Å². The molecule has 1 heterocycles. The Morgan fingerprint density at radius 3 is 2.15 bits per heavy atom. The maximum atomic E-state index is 14.6. The SMILES string of the molecule is CN[C@@H](C)C(=O)N[C@H](C(=O)N1C[C@@H](NC(=O)COCCOCCOCC(=O)Nc2ccc(C(=O)Nc3ccccc3N)cc2)C[C@H]1C(=O)N[C@@H]1CCCc2ccccc21)C1CCCCC1. The Kier molecular flexibility index (Phi) is 18.2. The van der Waals surface area contributed by atoms with Crippen molar-refractivity contribution in [3.05, 3.63) is 89.5 Å². The fourth-order valence-corrected chi connectivity index (χ4v) is 8.69. The zero-order valence-electron chi connectivity index (χ0n) is 37.4. The summed E-state index contributed by atoms with van der Waals surface area (Å²) in [4.78, 5) is 81.5. The van der Waals surface area contributed by atoms with E-state index in [2.05, 4.69) is 38.0 Å². The van der Waals surface area contributed by atoms with E-state index in [-0.39, 0.29) is 94.1 Å². The molecule has 3 aromatic rings. The van der Waals surface area contributed by atoms with Crippen molar-refractivity contribution < 1.29 is 43.0 Å². The number of nitrogens with zero attached hydrogens (tertiary/aromatic N) is 1. The van der Waals surface area contributed by atoms with Crippen LogP contribution in [-0.4, -0.2) is 118 Å². The summed E-state index contributed by atoms with van der Waals surface area (Å²) in [6.07, 6.45) is 7.46. The number of fused-ring (bicyclic) bond motifs is 1. The first-order chi connectivity index (χ1) is 31.5. The molecule has 1 saturated carbocycles. The standard InChI is InChI=1S/C48H64N8O9/c1-31(50-2)45(59)55-44(33-12-4-3-5-13-33)48(62)56-28-36(27-41(56)47(61)53-39-18-10-14-32-11-6-7-15-37(32)39)52-43(58)30-65-26-24-63-23-25-64-29-42(57)51-35-21-19-34(20-22-35)46(60)54-40-17-9-8-16-38(40)49/h6-9,11,15-17,19-22,31,33,36,39,41,44,50H,3-5,10,12-14,18,23-30,49H2,1-2H3,(H,51,57)(H,52,58)(H,53,61)(H,54,60)(H,55,59)/t31-,36-,39+,41-,44-/m0/s1. The van der Waals surface area contributed by atoms with Gasteiger partial charge >= 0.3 is 0 Å². The first kappa shape index (κ1) is 48.6. The predicted molar refractivity (Wildman–Crippen MR) is 246 cm³/mol. The largest absolute Gasteiger partial charge is 0.397 e. The van der Waals surface area contributed by atoms with Crippen LogP contribution in [0.15, 0.2) is 72.8 Å². The van der Waals surface area contributed by atoms with Crippen LogP contribution >= 0.6 is 0 Å². The van der Waals surface area contributed by atoms with Gasteiger partial charge in [-0.15, -0.1) is 0 Å². The fourth-order valence-electron chi connectivity index (χ4n) is 8.69. The lowest BCUT2D eigenvalue weighted by atomic mass is 9.83. The molecular weight excluding hydrogens is 833 g/mol. The molecular formula is C48H64N8O9. The molecule has 0 radical (unpaired) electrons. The van der Waals surface area contributed by atoms with Gasteiger partial charge in [0.05, 0.1) is 49.9 Å². The quantitative estimate of drug-likeness (QED) is 0.0605. The number of ether oxygens (including phenoxy) is 3. The molecule has 17 heteroatoms. The van der Waals surface area contributed by atoms with Crippen molar-refractivity contribution in [3.8, 4) is 0 Å². The van der Waals surface area contributed by atoms with Crippen LogP contribution in [0, 0.1) is 5.92 Å². The Bertz CT molecular complexity index is 2100. The number of hydrogen-bond acceptors (Lipinski definition) is 11. The third-order valence-corrected chi connectivity index (χ3v) is 12.3. The molecule has 1 aliphatic heterocycles. The first-order valence-electron chi connectivity index (χ1n) is 22.7. The van der Waals surface area contributed by atoms with Gasteiger partial charge in [0.15, 0.2) is 0 Å². The van der Waals surface area contributed by atoms with Crippen LogP contribution < -0.4 is 37.6 Å².